The summed E-state index contributed by atoms with van der Waals surface area (Å²) in [6.45, 7) is 8.80. The highest BCUT2D eigenvalue weighted by atomic mass is 32.1. The average molecular weight is 554 g/mol. The number of allylic oxidation sites excluding steroid dienone is 1. The third-order valence-electron chi connectivity index (χ3n) is 8.62. The Morgan fingerprint density at radius 1 is 0.732 bits per heavy atom. The van der Waals surface area contributed by atoms with E-state index in [-0.39, 0.29) is 11.2 Å². The molecule has 1 aliphatic rings. The highest BCUT2D eigenvalue weighted by Gasteiger charge is 2.41. The van der Waals surface area contributed by atoms with Crippen molar-refractivity contribution in [2.75, 3.05) is 4.90 Å². The van der Waals surface area contributed by atoms with Crippen molar-refractivity contribution in [3.63, 3.8) is 0 Å². The number of benzene rings is 4. The maximum absolute atomic E-state index is 13.2. The SMILES string of the molecule is CCC1(CC)c2cc(C(=O)C=Cc3cccs3)ccc2-c2ccc(N(c3ccc(C)cc3)c3ccc(C)cc3)cc21. The van der Waals surface area contributed by atoms with Crippen LogP contribution < -0.4 is 4.90 Å². The predicted molar refractivity (Wildman–Crippen MR) is 175 cm³/mol. The van der Waals surface area contributed by atoms with E-state index in [9.17, 15) is 4.79 Å². The molecular formula is C38H35NOS. The molecule has 0 N–H and O–H groups in total. The number of hydrogen-bond acceptors (Lipinski definition) is 3. The van der Waals surface area contributed by atoms with Gasteiger partial charge < -0.3 is 4.90 Å². The zero-order chi connectivity index (χ0) is 28.6. The molecule has 204 valence electrons. The van der Waals surface area contributed by atoms with E-state index in [4.69, 9.17) is 0 Å². The quantitative estimate of drug-likeness (QED) is 0.141. The number of carbonyl (C=O) groups excluding carboxylic acids is 1. The summed E-state index contributed by atoms with van der Waals surface area (Å²) in [5.74, 6) is 0.0452. The van der Waals surface area contributed by atoms with Crippen LogP contribution in [0.15, 0.2) is 109 Å². The van der Waals surface area contributed by atoms with Crippen molar-refractivity contribution in [2.45, 2.75) is 46.0 Å². The van der Waals surface area contributed by atoms with E-state index in [0.717, 1.165) is 40.3 Å². The van der Waals surface area contributed by atoms with Crippen molar-refractivity contribution in [1.82, 2.24) is 0 Å². The molecule has 6 rings (SSSR count). The highest BCUT2D eigenvalue weighted by molar-refractivity contribution is 7.10. The van der Waals surface area contributed by atoms with Gasteiger partial charge in [-0.15, -0.1) is 11.3 Å². The van der Waals surface area contributed by atoms with Crippen molar-refractivity contribution in [3.05, 3.63) is 141 Å². The van der Waals surface area contributed by atoms with Gasteiger partial charge in [-0.2, -0.15) is 0 Å². The molecule has 3 heteroatoms. The Morgan fingerprint density at radius 2 is 1.29 bits per heavy atom. The number of aryl methyl sites for hydroxylation is 2. The van der Waals surface area contributed by atoms with E-state index in [0.29, 0.717) is 0 Å². The first-order chi connectivity index (χ1) is 19.9. The summed E-state index contributed by atoms with van der Waals surface area (Å²) in [4.78, 5) is 16.7. The number of fused-ring (bicyclic) bond motifs is 3. The van der Waals surface area contributed by atoms with Gasteiger partial charge in [-0.3, -0.25) is 4.79 Å². The molecule has 1 aromatic heterocycles. The van der Waals surface area contributed by atoms with Gasteiger partial charge >= 0.3 is 0 Å². The second kappa shape index (κ2) is 11.0. The Labute approximate surface area is 247 Å². The van der Waals surface area contributed by atoms with E-state index in [2.05, 4.69) is 111 Å². The number of rotatable bonds is 8. The molecule has 0 aliphatic heterocycles. The lowest BCUT2D eigenvalue weighted by Gasteiger charge is -2.32. The molecule has 4 aromatic carbocycles. The number of carbonyl (C=O) groups is 1. The summed E-state index contributed by atoms with van der Waals surface area (Å²) in [5.41, 5.74) is 11.6. The van der Waals surface area contributed by atoms with E-state index >= 15 is 0 Å². The third kappa shape index (κ3) is 4.85. The molecule has 0 fully saturated rings. The number of thiophene rings is 1. The average Bonchev–Trinajstić information content (AvgIpc) is 3.62. The summed E-state index contributed by atoms with van der Waals surface area (Å²) in [6, 6.07) is 34.7. The van der Waals surface area contributed by atoms with Crippen molar-refractivity contribution in [1.29, 1.82) is 0 Å². The van der Waals surface area contributed by atoms with Crippen LogP contribution >= 0.6 is 11.3 Å². The molecule has 0 unspecified atom stereocenters. The molecule has 0 radical (unpaired) electrons. The fourth-order valence-corrected chi connectivity index (χ4v) is 6.88. The minimum Gasteiger partial charge on any atom is -0.310 e. The van der Waals surface area contributed by atoms with Gasteiger partial charge in [0.15, 0.2) is 5.78 Å². The maximum atomic E-state index is 13.2. The summed E-state index contributed by atoms with van der Waals surface area (Å²) in [6.07, 6.45) is 5.54. The van der Waals surface area contributed by atoms with Crippen molar-refractivity contribution >= 4 is 40.3 Å². The molecule has 41 heavy (non-hydrogen) atoms. The molecule has 5 aromatic rings. The van der Waals surface area contributed by atoms with Crippen LogP contribution in [0.5, 0.6) is 0 Å². The lowest BCUT2D eigenvalue weighted by molar-refractivity contribution is 0.104. The highest BCUT2D eigenvalue weighted by Crippen LogP contribution is 2.54. The number of anilines is 3. The standard InChI is InChI=1S/C38H35NOS/c1-5-38(6-2)35-24-28(37(40)22-19-32-8-7-23-41-32)13-20-33(35)34-21-18-31(25-36(34)38)39(29-14-9-26(3)10-15-29)30-16-11-27(4)12-17-30/h7-25H,5-6H2,1-4H3. The van der Waals surface area contributed by atoms with E-state index < -0.39 is 0 Å². The number of ketones is 1. The molecule has 0 amide bonds. The lowest BCUT2D eigenvalue weighted by Crippen LogP contribution is -2.24. The van der Waals surface area contributed by atoms with Gasteiger partial charge in [0.25, 0.3) is 0 Å². The Kier molecular flexibility index (Phi) is 7.23. The van der Waals surface area contributed by atoms with Gasteiger partial charge in [-0.1, -0.05) is 73.5 Å². The molecule has 0 saturated heterocycles. The molecular weight excluding hydrogens is 518 g/mol. The first kappa shape index (κ1) is 27.0. The largest absolute Gasteiger partial charge is 0.310 e. The normalized spacial score (nSPS) is 13.3. The fourth-order valence-electron chi connectivity index (χ4n) is 6.26. The predicted octanol–water partition coefficient (Wildman–Crippen LogP) is 10.8. The van der Waals surface area contributed by atoms with Gasteiger partial charge in [-0.25, -0.2) is 0 Å². The van der Waals surface area contributed by atoms with E-state index in [1.165, 1.54) is 33.4 Å². The molecule has 1 heterocycles. The second-order valence-corrected chi connectivity index (χ2v) is 12.0. The van der Waals surface area contributed by atoms with E-state index in [1.807, 2.05) is 29.7 Å². The molecule has 0 saturated carbocycles. The summed E-state index contributed by atoms with van der Waals surface area (Å²) >= 11 is 1.64. The first-order valence-corrected chi connectivity index (χ1v) is 15.3. The minimum absolute atomic E-state index is 0.0452. The van der Waals surface area contributed by atoms with Crippen LogP contribution in [0.3, 0.4) is 0 Å². The van der Waals surface area contributed by atoms with Gasteiger partial charge in [0.1, 0.15) is 0 Å². The Morgan fingerprint density at radius 3 is 1.85 bits per heavy atom. The molecule has 0 bridgehead atoms. The maximum Gasteiger partial charge on any atom is 0.185 e. The van der Waals surface area contributed by atoms with E-state index in [1.54, 1.807) is 17.4 Å². The minimum atomic E-state index is -0.152. The Bertz CT molecular complexity index is 1680. The zero-order valence-electron chi connectivity index (χ0n) is 24.1. The smallest absolute Gasteiger partial charge is 0.185 e. The van der Waals surface area contributed by atoms with Crippen LogP contribution in [-0.4, -0.2) is 5.78 Å². The second-order valence-electron chi connectivity index (χ2n) is 11.0. The van der Waals surface area contributed by atoms with Gasteiger partial charge in [-0.05, 0) is 115 Å². The fraction of sp³-hybridized carbons (Fsp3) is 0.184. The summed E-state index contributed by atoms with van der Waals surface area (Å²) in [5, 5.41) is 2.03. The van der Waals surface area contributed by atoms with Crippen LogP contribution in [0.25, 0.3) is 17.2 Å². The van der Waals surface area contributed by atoms with Gasteiger partial charge in [0, 0.05) is 32.9 Å². The lowest BCUT2D eigenvalue weighted by atomic mass is 9.73. The van der Waals surface area contributed by atoms with Crippen LogP contribution in [0.1, 0.15) is 64.2 Å². The molecule has 1 aliphatic carbocycles. The topological polar surface area (TPSA) is 20.3 Å². The number of nitrogens with zero attached hydrogens (tertiary/aromatic N) is 1. The van der Waals surface area contributed by atoms with Gasteiger partial charge in [0.2, 0.25) is 0 Å². The van der Waals surface area contributed by atoms with Crippen LogP contribution in [0.4, 0.5) is 17.1 Å². The van der Waals surface area contributed by atoms with Crippen LogP contribution in [-0.2, 0) is 5.41 Å². The zero-order valence-corrected chi connectivity index (χ0v) is 25.0. The number of hydrogen-bond donors (Lipinski definition) is 0. The van der Waals surface area contributed by atoms with Crippen LogP contribution in [0, 0.1) is 13.8 Å². The molecule has 0 spiro atoms. The Hall–Kier alpha value is -4.21. The van der Waals surface area contributed by atoms with Gasteiger partial charge in [0.05, 0.1) is 0 Å². The van der Waals surface area contributed by atoms with Crippen molar-refractivity contribution < 1.29 is 4.79 Å². The third-order valence-corrected chi connectivity index (χ3v) is 9.46. The van der Waals surface area contributed by atoms with Crippen LogP contribution in [0.2, 0.25) is 0 Å². The van der Waals surface area contributed by atoms with Crippen molar-refractivity contribution in [3.8, 4) is 11.1 Å². The monoisotopic (exact) mass is 553 g/mol. The summed E-state index contributed by atoms with van der Waals surface area (Å²) in [7, 11) is 0. The van der Waals surface area contributed by atoms with Crippen molar-refractivity contribution in [2.24, 2.45) is 0 Å². The molecule has 0 atom stereocenters. The summed E-state index contributed by atoms with van der Waals surface area (Å²) < 4.78 is 0. The first-order valence-electron chi connectivity index (χ1n) is 14.4. The Balaban J connectivity index is 1.45. The molecule has 2 nitrogen and oxygen atoms in total.